The highest BCUT2D eigenvalue weighted by Crippen LogP contribution is 2.30. The summed E-state index contributed by atoms with van der Waals surface area (Å²) in [6.07, 6.45) is 1.24. The van der Waals surface area contributed by atoms with Crippen LogP contribution in [0.4, 0.5) is 5.69 Å². The van der Waals surface area contributed by atoms with Gasteiger partial charge in [0.2, 0.25) is 0 Å². The van der Waals surface area contributed by atoms with E-state index in [1.165, 1.54) is 12.1 Å². The Kier molecular flexibility index (Phi) is 3.15. The lowest BCUT2D eigenvalue weighted by Crippen LogP contribution is -2.29. The smallest absolute Gasteiger partial charge is 0.106 e. The van der Waals surface area contributed by atoms with E-state index >= 15 is 0 Å². The summed E-state index contributed by atoms with van der Waals surface area (Å²) in [6, 6.07) is 8.73. The molecule has 2 atom stereocenters. The first-order valence-corrected chi connectivity index (χ1v) is 6.16. The molecule has 0 amide bonds. The number of benzene rings is 1. The Labute approximate surface area is 102 Å². The summed E-state index contributed by atoms with van der Waals surface area (Å²) in [5, 5.41) is 0. The molecule has 0 aromatic heterocycles. The zero-order chi connectivity index (χ0) is 11.7. The van der Waals surface area contributed by atoms with Crippen molar-refractivity contribution in [1.29, 1.82) is 0 Å². The average molecular weight is 234 g/mol. The van der Waals surface area contributed by atoms with Gasteiger partial charge in [0.05, 0.1) is 0 Å². The van der Waals surface area contributed by atoms with E-state index in [1.807, 2.05) is 18.2 Å². The van der Waals surface area contributed by atoms with Crippen LogP contribution in [0.2, 0.25) is 0 Å². The molecule has 0 radical (unpaired) electrons. The lowest BCUT2D eigenvalue weighted by atomic mass is 10.1. The highest BCUT2D eigenvalue weighted by atomic mass is 32.1. The molecule has 1 aliphatic rings. The maximum atomic E-state index is 5.77. The highest BCUT2D eigenvalue weighted by Gasteiger charge is 2.27. The Morgan fingerprint density at radius 1 is 1.38 bits per heavy atom. The van der Waals surface area contributed by atoms with Gasteiger partial charge in [-0.2, -0.15) is 0 Å². The second-order valence-electron chi connectivity index (χ2n) is 4.72. The predicted octanol–water partition coefficient (Wildman–Crippen LogP) is 2.56. The summed E-state index contributed by atoms with van der Waals surface area (Å²) >= 11 is 5.10. The minimum absolute atomic E-state index is 0.488. The Morgan fingerprint density at radius 2 is 2.06 bits per heavy atom. The summed E-state index contributed by atoms with van der Waals surface area (Å²) < 4.78 is 0. The van der Waals surface area contributed by atoms with Gasteiger partial charge in [-0.05, 0) is 31.4 Å². The number of thiocarbonyl (C=S) groups is 1. The van der Waals surface area contributed by atoms with Crippen LogP contribution in [0.5, 0.6) is 0 Å². The van der Waals surface area contributed by atoms with E-state index in [1.54, 1.807) is 0 Å². The maximum Gasteiger partial charge on any atom is 0.106 e. The molecule has 86 valence electrons. The quantitative estimate of drug-likeness (QED) is 0.797. The maximum absolute atomic E-state index is 5.77. The minimum Gasteiger partial charge on any atom is -0.389 e. The van der Waals surface area contributed by atoms with Crippen molar-refractivity contribution < 1.29 is 0 Å². The van der Waals surface area contributed by atoms with Crippen LogP contribution in [0.3, 0.4) is 0 Å². The van der Waals surface area contributed by atoms with Crippen LogP contribution in [0.15, 0.2) is 24.3 Å². The number of hydrogen-bond acceptors (Lipinski definition) is 2. The summed E-state index contributed by atoms with van der Waals surface area (Å²) in [6.45, 7) is 5.65. The number of hydrogen-bond donors (Lipinski definition) is 1. The Hall–Kier alpha value is -1.09. The van der Waals surface area contributed by atoms with Crippen LogP contribution in [-0.4, -0.2) is 17.6 Å². The highest BCUT2D eigenvalue weighted by molar-refractivity contribution is 7.80. The van der Waals surface area contributed by atoms with Gasteiger partial charge in [0.15, 0.2) is 0 Å². The van der Waals surface area contributed by atoms with Gasteiger partial charge in [-0.1, -0.05) is 31.3 Å². The van der Waals surface area contributed by atoms with Crippen molar-refractivity contribution in [3.63, 3.8) is 0 Å². The minimum atomic E-state index is 0.488. The Morgan fingerprint density at radius 3 is 2.62 bits per heavy atom. The summed E-state index contributed by atoms with van der Waals surface area (Å²) in [4.78, 5) is 2.90. The molecule has 2 nitrogen and oxygen atoms in total. The summed E-state index contributed by atoms with van der Waals surface area (Å²) in [5.41, 5.74) is 7.95. The molecular weight excluding hydrogens is 216 g/mol. The molecule has 1 aromatic rings. The van der Waals surface area contributed by atoms with E-state index in [0.717, 1.165) is 18.0 Å². The molecule has 2 N–H and O–H groups in total. The third-order valence-electron chi connectivity index (χ3n) is 3.26. The zero-order valence-electron chi connectivity index (χ0n) is 9.81. The number of anilines is 1. The van der Waals surface area contributed by atoms with Crippen molar-refractivity contribution >= 4 is 22.9 Å². The van der Waals surface area contributed by atoms with Crippen LogP contribution in [0.1, 0.15) is 25.8 Å². The fraction of sp³-hybridized carbons (Fsp3) is 0.462. The van der Waals surface area contributed by atoms with Gasteiger partial charge in [0, 0.05) is 23.8 Å². The second-order valence-corrected chi connectivity index (χ2v) is 5.16. The first-order valence-electron chi connectivity index (χ1n) is 5.75. The van der Waals surface area contributed by atoms with Crippen LogP contribution in [0.25, 0.3) is 0 Å². The van der Waals surface area contributed by atoms with E-state index in [-0.39, 0.29) is 0 Å². The molecule has 3 heteroatoms. The standard InChI is InChI=1S/C13H18N2S/c1-9-7-10(2)15(8-9)12-6-4-3-5-11(12)13(14)16/h3-6,9-10H,7-8H2,1-2H3,(H2,14,16). The monoisotopic (exact) mass is 234 g/mol. The SMILES string of the molecule is CC1CC(C)N(c2ccccc2C(N)=S)C1. The van der Waals surface area contributed by atoms with Gasteiger partial charge in [-0.3, -0.25) is 0 Å². The molecule has 1 fully saturated rings. The Balaban J connectivity index is 2.36. The molecule has 0 spiro atoms. The topological polar surface area (TPSA) is 29.3 Å². The lowest BCUT2D eigenvalue weighted by Gasteiger charge is -2.26. The van der Waals surface area contributed by atoms with Crippen molar-refractivity contribution in [1.82, 2.24) is 0 Å². The Bertz CT molecular complexity index is 403. The molecule has 1 saturated heterocycles. The van der Waals surface area contributed by atoms with Crippen molar-refractivity contribution in [2.45, 2.75) is 26.3 Å². The first-order chi connectivity index (χ1) is 7.59. The lowest BCUT2D eigenvalue weighted by molar-refractivity contribution is 0.625. The van der Waals surface area contributed by atoms with Gasteiger partial charge in [-0.15, -0.1) is 0 Å². The fourth-order valence-electron chi connectivity index (χ4n) is 2.57. The van der Waals surface area contributed by atoms with E-state index in [2.05, 4.69) is 24.8 Å². The molecule has 0 aliphatic carbocycles. The molecule has 16 heavy (non-hydrogen) atoms. The molecular formula is C13H18N2S. The van der Waals surface area contributed by atoms with Gasteiger partial charge in [0.25, 0.3) is 0 Å². The molecule has 1 heterocycles. The van der Waals surface area contributed by atoms with Crippen molar-refractivity contribution in [3.8, 4) is 0 Å². The number of rotatable bonds is 2. The van der Waals surface area contributed by atoms with Gasteiger partial charge < -0.3 is 10.6 Å². The van der Waals surface area contributed by atoms with E-state index in [4.69, 9.17) is 18.0 Å². The second kappa shape index (κ2) is 4.42. The first kappa shape index (κ1) is 11.4. The summed E-state index contributed by atoms with van der Waals surface area (Å²) in [5.74, 6) is 0.745. The van der Waals surface area contributed by atoms with Crippen LogP contribution < -0.4 is 10.6 Å². The number of nitrogens with zero attached hydrogens (tertiary/aromatic N) is 1. The van der Waals surface area contributed by atoms with E-state index in [9.17, 15) is 0 Å². The zero-order valence-corrected chi connectivity index (χ0v) is 10.6. The average Bonchev–Trinajstić information content (AvgIpc) is 2.57. The number of nitrogens with two attached hydrogens (primary N) is 1. The van der Waals surface area contributed by atoms with Crippen molar-refractivity contribution in [2.75, 3.05) is 11.4 Å². The van der Waals surface area contributed by atoms with Gasteiger partial charge in [-0.25, -0.2) is 0 Å². The van der Waals surface area contributed by atoms with Crippen LogP contribution in [0, 0.1) is 5.92 Å². The van der Waals surface area contributed by atoms with Gasteiger partial charge in [0.1, 0.15) is 4.99 Å². The third-order valence-corrected chi connectivity index (χ3v) is 3.48. The van der Waals surface area contributed by atoms with Crippen LogP contribution >= 0.6 is 12.2 Å². The molecule has 1 aliphatic heterocycles. The normalized spacial score (nSPS) is 24.8. The summed E-state index contributed by atoms with van der Waals surface area (Å²) in [7, 11) is 0. The van der Waals surface area contributed by atoms with E-state index in [0.29, 0.717) is 11.0 Å². The van der Waals surface area contributed by atoms with Gasteiger partial charge >= 0.3 is 0 Å². The van der Waals surface area contributed by atoms with Crippen LogP contribution in [-0.2, 0) is 0 Å². The number of para-hydroxylation sites is 1. The molecule has 0 bridgehead atoms. The molecule has 0 saturated carbocycles. The van der Waals surface area contributed by atoms with E-state index < -0.39 is 0 Å². The largest absolute Gasteiger partial charge is 0.389 e. The molecule has 2 unspecified atom stereocenters. The predicted molar refractivity (Wildman–Crippen MR) is 72.9 cm³/mol. The third kappa shape index (κ3) is 2.05. The fourth-order valence-corrected chi connectivity index (χ4v) is 2.74. The van der Waals surface area contributed by atoms with Crippen molar-refractivity contribution in [2.24, 2.45) is 11.7 Å². The molecule has 1 aromatic carbocycles. The molecule has 2 rings (SSSR count). The van der Waals surface area contributed by atoms with Crippen molar-refractivity contribution in [3.05, 3.63) is 29.8 Å².